The van der Waals surface area contributed by atoms with Gasteiger partial charge in [-0.15, -0.1) is 0 Å². The van der Waals surface area contributed by atoms with Crippen LogP contribution in [0.5, 0.6) is 5.75 Å². The van der Waals surface area contributed by atoms with Crippen LogP contribution in [0.25, 0.3) is 0 Å². The molecule has 96 valence electrons. The van der Waals surface area contributed by atoms with Crippen LogP contribution in [0.4, 0.5) is 8.78 Å². The number of rotatable bonds is 5. The van der Waals surface area contributed by atoms with E-state index >= 15 is 0 Å². The Morgan fingerprint density at radius 2 is 2.00 bits per heavy atom. The Bertz CT molecular complexity index is 491. The van der Waals surface area contributed by atoms with Gasteiger partial charge in [0.15, 0.2) is 0 Å². The van der Waals surface area contributed by atoms with Gasteiger partial charge in [0.05, 0.1) is 6.04 Å². The highest BCUT2D eigenvalue weighted by Crippen LogP contribution is 2.31. The van der Waals surface area contributed by atoms with E-state index in [2.05, 4.69) is 10.2 Å². The van der Waals surface area contributed by atoms with Crippen molar-refractivity contribution in [1.82, 2.24) is 5.43 Å². The topological polar surface area (TPSA) is 47.3 Å². The molecule has 0 saturated carbocycles. The van der Waals surface area contributed by atoms with E-state index in [4.69, 9.17) is 5.84 Å². The monoisotopic (exact) mass is 270 g/mol. The van der Waals surface area contributed by atoms with Crippen LogP contribution in [0, 0.1) is 0 Å². The third-order valence-electron chi connectivity index (χ3n) is 2.49. The number of nitrogens with two attached hydrogens (primary N) is 1. The molecule has 1 atom stereocenters. The quantitative estimate of drug-likeness (QED) is 0.648. The van der Waals surface area contributed by atoms with Gasteiger partial charge in [-0.1, -0.05) is 18.2 Å². The van der Waals surface area contributed by atoms with E-state index in [0.29, 0.717) is 5.56 Å². The number of nitrogens with one attached hydrogen (secondary N) is 1. The number of hydrogen-bond acceptors (Lipinski definition) is 4. The number of ether oxygens (including phenoxy) is 1. The van der Waals surface area contributed by atoms with Crippen molar-refractivity contribution in [3.8, 4) is 5.75 Å². The molecule has 0 fully saturated rings. The minimum Gasteiger partial charge on any atom is -0.434 e. The molecule has 1 heterocycles. The zero-order valence-corrected chi connectivity index (χ0v) is 10.2. The van der Waals surface area contributed by atoms with Crippen LogP contribution in [-0.2, 0) is 0 Å². The van der Waals surface area contributed by atoms with Crippen molar-refractivity contribution in [2.24, 2.45) is 5.84 Å². The van der Waals surface area contributed by atoms with Gasteiger partial charge in [0, 0.05) is 5.56 Å². The standard InChI is InChI=1S/C12H12F2N2OS/c13-12(14)17-10-4-2-1-3-9(10)11(16-15)8-5-6-18-7-8/h1-7,11-12,16H,15H2. The summed E-state index contributed by atoms with van der Waals surface area (Å²) in [5.74, 6) is 5.63. The molecular formula is C12H12F2N2OS. The lowest BCUT2D eigenvalue weighted by Gasteiger charge is -2.18. The predicted octanol–water partition coefficient (Wildman–Crippen LogP) is 2.90. The summed E-state index contributed by atoms with van der Waals surface area (Å²) in [6.45, 7) is -2.85. The summed E-state index contributed by atoms with van der Waals surface area (Å²) in [4.78, 5) is 0. The Labute approximate surface area is 107 Å². The molecule has 0 aliphatic heterocycles. The number of hydrazine groups is 1. The Morgan fingerprint density at radius 3 is 2.61 bits per heavy atom. The number of alkyl halides is 2. The van der Waals surface area contributed by atoms with E-state index in [1.807, 2.05) is 16.8 Å². The highest BCUT2D eigenvalue weighted by Gasteiger charge is 2.18. The van der Waals surface area contributed by atoms with E-state index in [1.54, 1.807) is 18.2 Å². The van der Waals surface area contributed by atoms with Gasteiger partial charge in [0.25, 0.3) is 0 Å². The van der Waals surface area contributed by atoms with Gasteiger partial charge >= 0.3 is 6.61 Å². The Balaban J connectivity index is 2.36. The van der Waals surface area contributed by atoms with Crippen molar-refractivity contribution in [3.63, 3.8) is 0 Å². The van der Waals surface area contributed by atoms with Crippen molar-refractivity contribution in [2.45, 2.75) is 12.7 Å². The zero-order chi connectivity index (χ0) is 13.0. The zero-order valence-electron chi connectivity index (χ0n) is 9.35. The maximum absolute atomic E-state index is 12.3. The molecule has 0 aliphatic rings. The number of para-hydroxylation sites is 1. The highest BCUT2D eigenvalue weighted by molar-refractivity contribution is 7.08. The van der Waals surface area contributed by atoms with Crippen molar-refractivity contribution in [3.05, 3.63) is 52.2 Å². The molecule has 1 aromatic heterocycles. The second-order valence-electron chi connectivity index (χ2n) is 3.57. The molecule has 0 amide bonds. The van der Waals surface area contributed by atoms with E-state index in [9.17, 15) is 8.78 Å². The van der Waals surface area contributed by atoms with E-state index in [1.165, 1.54) is 17.4 Å². The molecule has 1 aromatic carbocycles. The Hall–Kier alpha value is -1.50. The van der Waals surface area contributed by atoms with Crippen LogP contribution < -0.4 is 16.0 Å². The van der Waals surface area contributed by atoms with Crippen molar-refractivity contribution in [2.75, 3.05) is 0 Å². The molecule has 2 aromatic rings. The van der Waals surface area contributed by atoms with Gasteiger partial charge in [-0.25, -0.2) is 5.43 Å². The van der Waals surface area contributed by atoms with Crippen LogP contribution in [0.1, 0.15) is 17.2 Å². The molecule has 0 saturated heterocycles. The summed E-state index contributed by atoms with van der Waals surface area (Å²) >= 11 is 1.51. The highest BCUT2D eigenvalue weighted by atomic mass is 32.1. The molecule has 0 bridgehead atoms. The van der Waals surface area contributed by atoms with Crippen molar-refractivity contribution >= 4 is 11.3 Å². The van der Waals surface area contributed by atoms with Gasteiger partial charge in [-0.2, -0.15) is 20.1 Å². The number of thiophene rings is 1. The first-order valence-electron chi connectivity index (χ1n) is 5.24. The predicted molar refractivity (Wildman–Crippen MR) is 66.6 cm³/mol. The molecule has 0 spiro atoms. The fraction of sp³-hybridized carbons (Fsp3) is 0.167. The van der Waals surface area contributed by atoms with E-state index in [0.717, 1.165) is 5.56 Å². The average Bonchev–Trinajstić information content (AvgIpc) is 2.85. The van der Waals surface area contributed by atoms with Crippen molar-refractivity contribution < 1.29 is 13.5 Å². The first kappa shape index (κ1) is 12.9. The van der Waals surface area contributed by atoms with Gasteiger partial charge < -0.3 is 4.74 Å². The normalized spacial score (nSPS) is 12.7. The minimum absolute atomic E-state index is 0.127. The lowest BCUT2D eigenvalue weighted by Crippen LogP contribution is -2.29. The van der Waals surface area contributed by atoms with Gasteiger partial charge in [0.1, 0.15) is 5.75 Å². The molecule has 0 radical (unpaired) electrons. The minimum atomic E-state index is -2.85. The van der Waals surface area contributed by atoms with Gasteiger partial charge in [-0.3, -0.25) is 5.84 Å². The number of benzene rings is 1. The van der Waals surface area contributed by atoms with Crippen LogP contribution in [0.3, 0.4) is 0 Å². The Morgan fingerprint density at radius 1 is 1.22 bits per heavy atom. The smallest absolute Gasteiger partial charge is 0.387 e. The molecule has 18 heavy (non-hydrogen) atoms. The first-order chi connectivity index (χ1) is 8.72. The summed E-state index contributed by atoms with van der Waals surface area (Å²) < 4.78 is 29.2. The molecular weight excluding hydrogens is 258 g/mol. The summed E-state index contributed by atoms with van der Waals surface area (Å²) in [6, 6.07) is 8.12. The van der Waals surface area contributed by atoms with Crippen LogP contribution in [0.15, 0.2) is 41.1 Å². The fourth-order valence-corrected chi connectivity index (χ4v) is 2.41. The van der Waals surface area contributed by atoms with E-state index in [-0.39, 0.29) is 11.8 Å². The summed E-state index contributed by atoms with van der Waals surface area (Å²) in [5.41, 5.74) is 4.11. The molecule has 3 N–H and O–H groups in total. The largest absolute Gasteiger partial charge is 0.434 e. The van der Waals surface area contributed by atoms with E-state index < -0.39 is 6.61 Å². The average molecular weight is 270 g/mol. The van der Waals surface area contributed by atoms with Crippen molar-refractivity contribution in [1.29, 1.82) is 0 Å². The van der Waals surface area contributed by atoms with Crippen LogP contribution in [-0.4, -0.2) is 6.61 Å². The number of halogens is 2. The van der Waals surface area contributed by atoms with Crippen LogP contribution >= 0.6 is 11.3 Å². The fourth-order valence-electron chi connectivity index (χ4n) is 1.73. The van der Waals surface area contributed by atoms with Gasteiger partial charge in [-0.05, 0) is 28.5 Å². The lowest BCUT2D eigenvalue weighted by atomic mass is 10.0. The van der Waals surface area contributed by atoms with Gasteiger partial charge in [0.2, 0.25) is 0 Å². The molecule has 3 nitrogen and oxygen atoms in total. The SMILES string of the molecule is NNC(c1ccsc1)c1ccccc1OC(F)F. The Kier molecular flexibility index (Phi) is 4.24. The molecule has 6 heteroatoms. The summed E-state index contributed by atoms with van der Waals surface area (Å²) in [7, 11) is 0. The molecule has 1 unspecified atom stereocenters. The number of hydrogen-bond donors (Lipinski definition) is 2. The second kappa shape index (κ2) is 5.90. The molecule has 2 rings (SSSR count). The summed E-state index contributed by atoms with van der Waals surface area (Å²) in [6.07, 6.45) is 0. The third kappa shape index (κ3) is 2.84. The summed E-state index contributed by atoms with van der Waals surface area (Å²) in [5, 5.41) is 3.81. The first-order valence-corrected chi connectivity index (χ1v) is 6.18. The van der Waals surface area contributed by atoms with Crippen LogP contribution in [0.2, 0.25) is 0 Å². The maximum Gasteiger partial charge on any atom is 0.387 e. The second-order valence-corrected chi connectivity index (χ2v) is 4.35. The third-order valence-corrected chi connectivity index (χ3v) is 3.19. The molecule has 0 aliphatic carbocycles. The maximum atomic E-state index is 12.3. The lowest BCUT2D eigenvalue weighted by molar-refractivity contribution is -0.0506.